The van der Waals surface area contributed by atoms with Crippen molar-refractivity contribution >= 4 is 33.4 Å². The molecule has 1 amide bonds. The van der Waals surface area contributed by atoms with E-state index >= 15 is 0 Å². The molecule has 2 rings (SSSR count). The maximum absolute atomic E-state index is 12.2. The van der Waals surface area contributed by atoms with Gasteiger partial charge in [0, 0.05) is 28.1 Å². The van der Waals surface area contributed by atoms with E-state index < -0.39 is 5.60 Å². The summed E-state index contributed by atoms with van der Waals surface area (Å²) < 4.78 is 0.777. The molecule has 3 nitrogen and oxygen atoms in total. The minimum absolute atomic E-state index is 0.0917. The molecule has 1 aliphatic rings. The standard InChI is InChI=1S/C12H13BrClNO2/c1-12(17)2-3-15(7-12)11(16)8-4-9(13)6-10(14)5-8/h4-6,17H,2-3,7H2,1H3. The molecule has 0 saturated carbocycles. The van der Waals surface area contributed by atoms with Crippen LogP contribution >= 0.6 is 27.5 Å². The predicted molar refractivity (Wildman–Crippen MR) is 70.3 cm³/mol. The number of carbonyl (C=O) groups is 1. The summed E-state index contributed by atoms with van der Waals surface area (Å²) in [5.74, 6) is -0.0917. The summed E-state index contributed by atoms with van der Waals surface area (Å²) in [7, 11) is 0. The molecule has 0 bridgehead atoms. The van der Waals surface area contributed by atoms with Gasteiger partial charge in [-0.05, 0) is 31.5 Å². The fourth-order valence-electron chi connectivity index (χ4n) is 1.98. The number of aliphatic hydroxyl groups is 1. The second-order valence-electron chi connectivity index (χ2n) is 4.63. The summed E-state index contributed by atoms with van der Waals surface area (Å²) in [5.41, 5.74) is -0.229. The quantitative estimate of drug-likeness (QED) is 0.865. The number of amides is 1. The maximum atomic E-state index is 12.2. The highest BCUT2D eigenvalue weighted by atomic mass is 79.9. The molecular weight excluding hydrogens is 305 g/mol. The molecule has 1 N–H and O–H groups in total. The van der Waals surface area contributed by atoms with E-state index in [0.717, 1.165) is 4.47 Å². The van der Waals surface area contributed by atoms with Crippen molar-refractivity contribution in [2.75, 3.05) is 13.1 Å². The summed E-state index contributed by atoms with van der Waals surface area (Å²) in [6.07, 6.45) is 0.612. The summed E-state index contributed by atoms with van der Waals surface area (Å²) in [6.45, 7) is 2.69. The van der Waals surface area contributed by atoms with E-state index in [0.29, 0.717) is 30.1 Å². The highest BCUT2D eigenvalue weighted by Crippen LogP contribution is 2.25. The number of hydrogen-bond donors (Lipinski definition) is 1. The zero-order valence-corrected chi connectivity index (χ0v) is 11.8. The van der Waals surface area contributed by atoms with E-state index in [2.05, 4.69) is 15.9 Å². The predicted octanol–water partition coefficient (Wildman–Crippen LogP) is 2.70. The largest absolute Gasteiger partial charge is 0.388 e. The van der Waals surface area contributed by atoms with Crippen molar-refractivity contribution in [3.63, 3.8) is 0 Å². The van der Waals surface area contributed by atoms with Crippen LogP contribution < -0.4 is 0 Å². The third kappa shape index (κ3) is 3.00. The Kier molecular flexibility index (Phi) is 3.48. The smallest absolute Gasteiger partial charge is 0.254 e. The molecule has 92 valence electrons. The number of halogens is 2. The molecule has 17 heavy (non-hydrogen) atoms. The SMILES string of the molecule is CC1(O)CCN(C(=O)c2cc(Cl)cc(Br)c2)C1. The first kappa shape index (κ1) is 12.9. The monoisotopic (exact) mass is 317 g/mol. The molecule has 1 fully saturated rings. The fourth-order valence-corrected chi connectivity index (χ4v) is 2.84. The lowest BCUT2D eigenvalue weighted by Gasteiger charge is -2.19. The Morgan fingerprint density at radius 1 is 1.53 bits per heavy atom. The van der Waals surface area contributed by atoms with Crippen molar-refractivity contribution in [2.45, 2.75) is 18.9 Å². The number of rotatable bonds is 1. The Bertz CT molecular complexity index is 442. The van der Waals surface area contributed by atoms with Gasteiger partial charge in [0.25, 0.3) is 5.91 Å². The number of likely N-dealkylation sites (tertiary alicyclic amines) is 1. The number of carbonyl (C=O) groups excluding carboxylic acids is 1. The molecule has 1 aromatic rings. The van der Waals surface area contributed by atoms with Crippen LogP contribution in [0.4, 0.5) is 0 Å². The lowest BCUT2D eigenvalue weighted by atomic mass is 10.1. The first-order valence-corrected chi connectivity index (χ1v) is 6.52. The van der Waals surface area contributed by atoms with Gasteiger partial charge in [-0.25, -0.2) is 0 Å². The minimum Gasteiger partial charge on any atom is -0.388 e. The zero-order valence-electron chi connectivity index (χ0n) is 9.41. The van der Waals surface area contributed by atoms with Gasteiger partial charge in [-0.15, -0.1) is 0 Å². The molecule has 5 heteroatoms. The molecule has 0 aliphatic carbocycles. The van der Waals surface area contributed by atoms with Gasteiger partial charge in [0.2, 0.25) is 0 Å². The van der Waals surface area contributed by atoms with Gasteiger partial charge < -0.3 is 10.0 Å². The number of nitrogens with zero attached hydrogens (tertiary/aromatic N) is 1. The van der Waals surface area contributed by atoms with Gasteiger partial charge in [0.15, 0.2) is 0 Å². The molecule has 0 spiro atoms. The topological polar surface area (TPSA) is 40.5 Å². The molecule has 1 aromatic carbocycles. The first-order valence-electron chi connectivity index (χ1n) is 5.35. The number of hydrogen-bond acceptors (Lipinski definition) is 2. The van der Waals surface area contributed by atoms with Gasteiger partial charge in [-0.1, -0.05) is 27.5 Å². The van der Waals surface area contributed by atoms with Crippen LogP contribution in [0.1, 0.15) is 23.7 Å². The van der Waals surface area contributed by atoms with Gasteiger partial charge >= 0.3 is 0 Å². The van der Waals surface area contributed by atoms with Crippen molar-refractivity contribution in [3.8, 4) is 0 Å². The van der Waals surface area contributed by atoms with Crippen molar-refractivity contribution in [1.82, 2.24) is 4.90 Å². The van der Waals surface area contributed by atoms with E-state index in [1.165, 1.54) is 0 Å². The Hall–Kier alpha value is -0.580. The highest BCUT2D eigenvalue weighted by Gasteiger charge is 2.34. The third-order valence-electron chi connectivity index (χ3n) is 2.85. The van der Waals surface area contributed by atoms with Crippen LogP contribution in [0.3, 0.4) is 0 Å². The normalized spacial score (nSPS) is 24.1. The van der Waals surface area contributed by atoms with Crippen LogP contribution in [0.15, 0.2) is 22.7 Å². The van der Waals surface area contributed by atoms with Crippen LogP contribution in [0.2, 0.25) is 5.02 Å². The van der Waals surface area contributed by atoms with Crippen LogP contribution in [-0.4, -0.2) is 34.6 Å². The Morgan fingerprint density at radius 2 is 2.24 bits per heavy atom. The molecule has 0 aromatic heterocycles. The molecule has 1 aliphatic heterocycles. The Labute approximate surface area is 114 Å². The number of benzene rings is 1. The fraction of sp³-hybridized carbons (Fsp3) is 0.417. The summed E-state index contributed by atoms with van der Waals surface area (Å²) >= 11 is 9.21. The summed E-state index contributed by atoms with van der Waals surface area (Å²) in [5, 5.41) is 10.4. The zero-order chi connectivity index (χ0) is 12.6. The first-order chi connectivity index (χ1) is 7.87. The summed E-state index contributed by atoms with van der Waals surface area (Å²) in [4.78, 5) is 13.8. The Morgan fingerprint density at radius 3 is 2.76 bits per heavy atom. The van der Waals surface area contributed by atoms with Crippen molar-refractivity contribution in [2.24, 2.45) is 0 Å². The van der Waals surface area contributed by atoms with Crippen molar-refractivity contribution < 1.29 is 9.90 Å². The molecule has 1 saturated heterocycles. The van der Waals surface area contributed by atoms with Gasteiger partial charge in [-0.3, -0.25) is 4.79 Å². The second-order valence-corrected chi connectivity index (χ2v) is 5.98. The lowest BCUT2D eigenvalue weighted by Crippen LogP contribution is -2.33. The van der Waals surface area contributed by atoms with Crippen LogP contribution in [-0.2, 0) is 0 Å². The van der Waals surface area contributed by atoms with Crippen molar-refractivity contribution in [1.29, 1.82) is 0 Å². The van der Waals surface area contributed by atoms with Gasteiger partial charge in [0.05, 0.1) is 5.60 Å². The van der Waals surface area contributed by atoms with Crippen molar-refractivity contribution in [3.05, 3.63) is 33.3 Å². The van der Waals surface area contributed by atoms with Gasteiger partial charge in [-0.2, -0.15) is 0 Å². The van der Waals surface area contributed by atoms with E-state index in [9.17, 15) is 9.90 Å². The third-order valence-corrected chi connectivity index (χ3v) is 3.52. The molecule has 0 radical (unpaired) electrons. The van der Waals surface area contributed by atoms with Crippen LogP contribution in [0.5, 0.6) is 0 Å². The lowest BCUT2D eigenvalue weighted by molar-refractivity contribution is 0.0572. The van der Waals surface area contributed by atoms with E-state index in [1.807, 2.05) is 0 Å². The average Bonchev–Trinajstić information content (AvgIpc) is 2.56. The number of β-amino-alcohol motifs (C(OH)–C–C–N with tert-alkyl or cyclic N) is 1. The molecule has 1 atom stereocenters. The molecular formula is C12H13BrClNO2. The van der Waals surface area contributed by atoms with Crippen LogP contribution in [0, 0.1) is 0 Å². The molecule has 1 heterocycles. The van der Waals surface area contributed by atoms with Crippen LogP contribution in [0.25, 0.3) is 0 Å². The average molecular weight is 319 g/mol. The van der Waals surface area contributed by atoms with E-state index in [-0.39, 0.29) is 5.91 Å². The maximum Gasteiger partial charge on any atom is 0.254 e. The van der Waals surface area contributed by atoms with Gasteiger partial charge in [0.1, 0.15) is 0 Å². The highest BCUT2D eigenvalue weighted by molar-refractivity contribution is 9.10. The molecule has 1 unspecified atom stereocenters. The van der Waals surface area contributed by atoms with E-state index in [4.69, 9.17) is 11.6 Å². The summed E-state index contributed by atoms with van der Waals surface area (Å²) in [6, 6.07) is 5.11. The minimum atomic E-state index is -0.772. The van der Waals surface area contributed by atoms with E-state index in [1.54, 1.807) is 30.0 Å². The Balaban J connectivity index is 2.20. The second kappa shape index (κ2) is 4.59.